The standard InChI is InChI=1S/C20H29N5O2.HI/c1-3-21-20(24-13-9-16(10-14-24)19(26)27-2)22-11-6-12-25-15-23-17-7-4-5-8-18(17)25;/h4-5,7-8,15-16H,3,6,9-14H2,1-2H3,(H,21,22);1H. The molecule has 1 aliphatic heterocycles. The molecule has 7 nitrogen and oxygen atoms in total. The number of aromatic nitrogens is 2. The SMILES string of the molecule is CCNC(=NCCCn1cnc2ccccc21)N1CCC(C(=O)OC)CC1.I. The van der Waals surface area contributed by atoms with Gasteiger partial charge in [-0.25, -0.2) is 4.98 Å². The van der Waals surface area contributed by atoms with Gasteiger partial charge in [-0.15, -0.1) is 24.0 Å². The first kappa shape index (κ1) is 22.4. The van der Waals surface area contributed by atoms with Crippen molar-refractivity contribution < 1.29 is 9.53 Å². The van der Waals surface area contributed by atoms with Crippen LogP contribution in [0.25, 0.3) is 11.0 Å². The third kappa shape index (κ3) is 5.59. The van der Waals surface area contributed by atoms with Crippen molar-refractivity contribution in [3.63, 3.8) is 0 Å². The molecule has 0 unspecified atom stereocenters. The summed E-state index contributed by atoms with van der Waals surface area (Å²) in [6, 6.07) is 8.18. The number of imidazole rings is 1. The number of halogens is 1. The maximum atomic E-state index is 11.7. The largest absolute Gasteiger partial charge is 0.469 e. The number of methoxy groups -OCH3 is 1. The van der Waals surface area contributed by atoms with E-state index in [1.54, 1.807) is 0 Å². The number of benzene rings is 1. The molecule has 1 fully saturated rings. The molecule has 2 heterocycles. The molecule has 2 aromatic rings. The Balaban J connectivity index is 0.00000280. The number of hydrogen-bond donors (Lipinski definition) is 1. The molecule has 3 rings (SSSR count). The first-order valence-electron chi connectivity index (χ1n) is 9.74. The Morgan fingerprint density at radius 3 is 2.79 bits per heavy atom. The Morgan fingerprint density at radius 1 is 1.32 bits per heavy atom. The minimum atomic E-state index is -0.0934. The number of guanidine groups is 1. The highest BCUT2D eigenvalue weighted by Gasteiger charge is 2.26. The number of hydrogen-bond acceptors (Lipinski definition) is 4. The smallest absolute Gasteiger partial charge is 0.308 e. The van der Waals surface area contributed by atoms with Crippen LogP contribution >= 0.6 is 24.0 Å². The molecule has 0 radical (unpaired) electrons. The number of piperidine rings is 1. The summed E-state index contributed by atoms with van der Waals surface area (Å²) in [6.07, 6.45) is 4.49. The van der Waals surface area contributed by atoms with Gasteiger partial charge in [-0.2, -0.15) is 0 Å². The molecule has 28 heavy (non-hydrogen) atoms. The Kier molecular flexibility index (Phi) is 9.01. The van der Waals surface area contributed by atoms with E-state index in [9.17, 15) is 4.79 Å². The second kappa shape index (κ2) is 11.2. The maximum Gasteiger partial charge on any atom is 0.308 e. The molecule has 0 aliphatic carbocycles. The number of aliphatic imine (C=N–C) groups is 1. The quantitative estimate of drug-likeness (QED) is 0.218. The Bertz CT molecular complexity index is 784. The van der Waals surface area contributed by atoms with Crippen molar-refractivity contribution in [2.45, 2.75) is 32.7 Å². The lowest BCUT2D eigenvalue weighted by molar-refractivity contribution is -0.146. The normalized spacial score (nSPS) is 15.4. The summed E-state index contributed by atoms with van der Waals surface area (Å²) in [7, 11) is 1.46. The molecule has 0 saturated carbocycles. The second-order valence-corrected chi connectivity index (χ2v) is 6.80. The summed E-state index contributed by atoms with van der Waals surface area (Å²) >= 11 is 0. The topological polar surface area (TPSA) is 71.8 Å². The fourth-order valence-electron chi connectivity index (χ4n) is 3.53. The number of fused-ring (bicyclic) bond motifs is 1. The highest BCUT2D eigenvalue weighted by Crippen LogP contribution is 2.18. The van der Waals surface area contributed by atoms with Crippen molar-refractivity contribution in [3.05, 3.63) is 30.6 Å². The molecule has 8 heteroatoms. The van der Waals surface area contributed by atoms with Crippen LogP contribution in [0.1, 0.15) is 26.2 Å². The van der Waals surface area contributed by atoms with E-state index in [0.29, 0.717) is 0 Å². The maximum absolute atomic E-state index is 11.7. The van der Waals surface area contributed by atoms with E-state index in [-0.39, 0.29) is 35.9 Å². The number of carbonyl (C=O) groups excluding carboxylic acids is 1. The lowest BCUT2D eigenvalue weighted by atomic mass is 9.97. The van der Waals surface area contributed by atoms with Crippen LogP contribution in [0.15, 0.2) is 35.6 Å². The Hall–Kier alpha value is -1.84. The molecular weight excluding hydrogens is 469 g/mol. The van der Waals surface area contributed by atoms with Crippen LogP contribution in [-0.4, -0.2) is 59.7 Å². The van der Waals surface area contributed by atoms with Crippen molar-refractivity contribution in [1.82, 2.24) is 19.8 Å². The third-order valence-corrected chi connectivity index (χ3v) is 5.01. The van der Waals surface area contributed by atoms with Gasteiger partial charge in [0.1, 0.15) is 0 Å². The lowest BCUT2D eigenvalue weighted by Gasteiger charge is -2.33. The van der Waals surface area contributed by atoms with Crippen molar-refractivity contribution in [2.24, 2.45) is 10.9 Å². The zero-order valence-corrected chi connectivity index (χ0v) is 19.0. The number of likely N-dealkylation sites (tertiary alicyclic amines) is 1. The number of aryl methyl sites for hydroxylation is 1. The van der Waals surface area contributed by atoms with Gasteiger partial charge in [0.2, 0.25) is 0 Å². The Morgan fingerprint density at radius 2 is 2.07 bits per heavy atom. The fourth-order valence-corrected chi connectivity index (χ4v) is 3.53. The van der Waals surface area contributed by atoms with E-state index >= 15 is 0 Å². The molecule has 0 atom stereocenters. The number of para-hydroxylation sites is 2. The van der Waals surface area contributed by atoms with E-state index in [1.165, 1.54) is 12.6 Å². The van der Waals surface area contributed by atoms with Crippen molar-refractivity contribution in [3.8, 4) is 0 Å². The number of nitrogens with one attached hydrogen (secondary N) is 1. The first-order valence-corrected chi connectivity index (χ1v) is 9.74. The van der Waals surface area contributed by atoms with Gasteiger partial charge in [-0.1, -0.05) is 12.1 Å². The average Bonchev–Trinajstić information content (AvgIpc) is 3.13. The predicted octanol–water partition coefficient (Wildman–Crippen LogP) is 2.89. The molecule has 1 N–H and O–H groups in total. The van der Waals surface area contributed by atoms with Gasteiger partial charge in [-0.3, -0.25) is 9.79 Å². The molecule has 0 spiro atoms. The predicted molar refractivity (Wildman–Crippen MR) is 122 cm³/mol. The minimum absolute atomic E-state index is 0. The minimum Gasteiger partial charge on any atom is -0.469 e. The first-order chi connectivity index (χ1) is 13.2. The molecule has 1 saturated heterocycles. The number of carbonyl (C=O) groups is 1. The Labute approximate surface area is 183 Å². The van der Waals surface area contributed by atoms with Gasteiger partial charge in [0.25, 0.3) is 0 Å². The van der Waals surface area contributed by atoms with Crippen molar-refractivity contribution in [1.29, 1.82) is 0 Å². The number of nitrogens with zero attached hydrogens (tertiary/aromatic N) is 4. The van der Waals surface area contributed by atoms with Crippen molar-refractivity contribution in [2.75, 3.05) is 33.3 Å². The summed E-state index contributed by atoms with van der Waals surface area (Å²) in [5.41, 5.74) is 2.20. The molecular formula is C20H30IN5O2. The monoisotopic (exact) mass is 499 g/mol. The molecule has 1 aliphatic rings. The summed E-state index contributed by atoms with van der Waals surface area (Å²) in [5, 5.41) is 3.37. The van der Waals surface area contributed by atoms with E-state index in [2.05, 4.69) is 32.8 Å². The number of esters is 1. The van der Waals surface area contributed by atoms with Crippen LogP contribution in [0.5, 0.6) is 0 Å². The molecule has 0 amide bonds. The van der Waals surface area contributed by atoms with Gasteiger partial charge in [0, 0.05) is 32.7 Å². The van der Waals surface area contributed by atoms with E-state index < -0.39 is 0 Å². The van der Waals surface area contributed by atoms with Gasteiger partial charge in [0.05, 0.1) is 30.4 Å². The lowest BCUT2D eigenvalue weighted by Crippen LogP contribution is -2.46. The zero-order valence-electron chi connectivity index (χ0n) is 16.6. The summed E-state index contributed by atoms with van der Waals surface area (Å²) < 4.78 is 7.05. The molecule has 1 aromatic carbocycles. The van der Waals surface area contributed by atoms with E-state index in [1.807, 2.05) is 24.5 Å². The van der Waals surface area contributed by atoms with Gasteiger partial charge >= 0.3 is 5.97 Å². The fraction of sp³-hybridized carbons (Fsp3) is 0.550. The number of ether oxygens (including phenoxy) is 1. The van der Waals surface area contributed by atoms with Gasteiger partial charge in [0.15, 0.2) is 5.96 Å². The van der Waals surface area contributed by atoms with Crippen molar-refractivity contribution >= 4 is 46.9 Å². The number of rotatable bonds is 6. The molecule has 1 aromatic heterocycles. The van der Waals surface area contributed by atoms with E-state index in [4.69, 9.17) is 9.73 Å². The zero-order chi connectivity index (χ0) is 19.1. The van der Waals surface area contributed by atoms with Crippen LogP contribution in [0, 0.1) is 5.92 Å². The summed E-state index contributed by atoms with van der Waals surface area (Å²) in [5.74, 6) is 0.865. The summed E-state index contributed by atoms with van der Waals surface area (Å²) in [4.78, 5) is 23.2. The van der Waals surface area contributed by atoms with E-state index in [0.717, 1.165) is 63.5 Å². The van der Waals surface area contributed by atoms with Gasteiger partial charge < -0.3 is 19.5 Å². The van der Waals surface area contributed by atoms with Crippen LogP contribution in [0.3, 0.4) is 0 Å². The van der Waals surface area contributed by atoms with Crippen LogP contribution in [-0.2, 0) is 16.1 Å². The van der Waals surface area contributed by atoms with Crippen LogP contribution in [0.2, 0.25) is 0 Å². The average molecular weight is 499 g/mol. The third-order valence-electron chi connectivity index (χ3n) is 5.01. The highest BCUT2D eigenvalue weighted by molar-refractivity contribution is 14.0. The second-order valence-electron chi connectivity index (χ2n) is 6.80. The molecule has 0 bridgehead atoms. The summed E-state index contributed by atoms with van der Waals surface area (Å²) in [6.45, 7) is 6.23. The van der Waals surface area contributed by atoms with Gasteiger partial charge in [-0.05, 0) is 38.3 Å². The highest BCUT2D eigenvalue weighted by atomic mass is 127. The van der Waals surface area contributed by atoms with Crippen LogP contribution < -0.4 is 5.32 Å². The van der Waals surface area contributed by atoms with Crippen LogP contribution in [0.4, 0.5) is 0 Å². The molecule has 154 valence electrons.